The molecule has 0 radical (unpaired) electrons. The van der Waals surface area contributed by atoms with Crippen LogP contribution < -0.4 is 5.73 Å². The fraction of sp³-hybridized carbons (Fsp3) is 0.727. The molecule has 1 aromatic rings. The van der Waals surface area contributed by atoms with Crippen molar-refractivity contribution in [3.8, 4) is 0 Å². The standard InChI is InChI=1S/C22H31N3O3.ClH/c1-27-22(14-7-8-24-20(9-14)21(23)26)15-3-2-4-16(22)13-25(12-15)17-10-18-5-6-19(11-17)28-18;/h7-9,15-19H,2-6,10-13H2,1H3,(H2,23,26);1H/t15-,16+,17-,18-,19+,22-;. The number of carbonyl (C=O) groups excluding carboxylic acids is 1. The van der Waals surface area contributed by atoms with Crippen LogP contribution in [0.3, 0.4) is 0 Å². The van der Waals surface area contributed by atoms with Crippen molar-refractivity contribution in [2.24, 2.45) is 17.6 Å². The van der Waals surface area contributed by atoms with E-state index in [-0.39, 0.29) is 18.0 Å². The monoisotopic (exact) mass is 421 g/mol. The molecule has 4 heterocycles. The van der Waals surface area contributed by atoms with Crippen LogP contribution in [0, 0.1) is 11.8 Å². The van der Waals surface area contributed by atoms with E-state index >= 15 is 0 Å². The lowest BCUT2D eigenvalue weighted by atomic mass is 9.62. The molecule has 6 atom stereocenters. The van der Waals surface area contributed by atoms with Gasteiger partial charge in [0.25, 0.3) is 5.91 Å². The summed E-state index contributed by atoms with van der Waals surface area (Å²) in [6.45, 7) is 2.12. The van der Waals surface area contributed by atoms with Crippen molar-refractivity contribution in [2.75, 3.05) is 20.2 Å². The minimum absolute atomic E-state index is 0. The zero-order valence-corrected chi connectivity index (χ0v) is 17.9. The SMILES string of the molecule is CO[C@]1(c2ccnc(C(N)=O)c2)[C@@H]2CCC[C@H]1CN([C@@H]1C[C@H]3CC[C@@H](C1)O3)C2.Cl. The van der Waals surface area contributed by atoms with Gasteiger partial charge in [-0.2, -0.15) is 0 Å². The predicted molar refractivity (Wildman–Crippen MR) is 112 cm³/mol. The van der Waals surface area contributed by atoms with Gasteiger partial charge in [-0.05, 0) is 56.2 Å². The number of hydrogen-bond acceptors (Lipinski definition) is 5. The van der Waals surface area contributed by atoms with Crippen LogP contribution in [0.5, 0.6) is 0 Å². The van der Waals surface area contributed by atoms with Gasteiger partial charge in [-0.1, -0.05) is 6.42 Å². The second kappa shape index (κ2) is 8.14. The summed E-state index contributed by atoms with van der Waals surface area (Å²) < 4.78 is 12.4. The highest BCUT2D eigenvalue weighted by molar-refractivity contribution is 5.90. The third kappa shape index (κ3) is 3.48. The van der Waals surface area contributed by atoms with Crippen LogP contribution in [0.15, 0.2) is 18.3 Å². The average Bonchev–Trinajstić information content (AvgIpc) is 3.04. The smallest absolute Gasteiger partial charge is 0.267 e. The lowest BCUT2D eigenvalue weighted by Crippen LogP contribution is -2.61. The Hall–Kier alpha value is -1.21. The van der Waals surface area contributed by atoms with Crippen molar-refractivity contribution in [1.29, 1.82) is 0 Å². The molecule has 1 aromatic heterocycles. The summed E-state index contributed by atoms with van der Waals surface area (Å²) >= 11 is 0. The summed E-state index contributed by atoms with van der Waals surface area (Å²) in [6.07, 6.45) is 11.0. The van der Waals surface area contributed by atoms with E-state index in [1.807, 2.05) is 19.2 Å². The number of hydrogen-bond donors (Lipinski definition) is 1. The normalized spacial score (nSPS) is 39.0. The van der Waals surface area contributed by atoms with Crippen molar-refractivity contribution < 1.29 is 14.3 Å². The van der Waals surface area contributed by atoms with Crippen LogP contribution in [0.4, 0.5) is 0 Å². The Morgan fingerprint density at radius 2 is 1.86 bits per heavy atom. The number of likely N-dealkylation sites (tertiary alicyclic amines) is 1. The number of methoxy groups -OCH3 is 1. The molecule has 1 aliphatic carbocycles. The van der Waals surface area contributed by atoms with Gasteiger partial charge >= 0.3 is 0 Å². The molecule has 1 amide bonds. The summed E-state index contributed by atoms with van der Waals surface area (Å²) in [5.41, 5.74) is 6.56. The van der Waals surface area contributed by atoms with Gasteiger partial charge in [0.2, 0.25) is 0 Å². The van der Waals surface area contributed by atoms with E-state index in [4.69, 9.17) is 15.2 Å². The van der Waals surface area contributed by atoms with Crippen LogP contribution in [0.25, 0.3) is 0 Å². The summed E-state index contributed by atoms with van der Waals surface area (Å²) in [7, 11) is 1.83. The molecule has 3 aliphatic heterocycles. The van der Waals surface area contributed by atoms with Crippen molar-refractivity contribution in [2.45, 2.75) is 68.8 Å². The number of primary amides is 1. The van der Waals surface area contributed by atoms with Crippen LogP contribution in [-0.2, 0) is 15.1 Å². The highest BCUT2D eigenvalue weighted by Crippen LogP contribution is 2.52. The van der Waals surface area contributed by atoms with E-state index in [0.717, 1.165) is 31.5 Å². The summed E-state index contributed by atoms with van der Waals surface area (Å²) in [4.78, 5) is 18.6. The Kier molecular flexibility index (Phi) is 5.90. The Labute approximate surface area is 178 Å². The number of pyridine rings is 1. The molecule has 5 rings (SSSR count). The minimum atomic E-state index is -0.478. The second-order valence-corrected chi connectivity index (χ2v) is 9.15. The van der Waals surface area contributed by atoms with Gasteiger partial charge in [0.15, 0.2) is 0 Å². The number of fused-ring (bicyclic) bond motifs is 4. The maximum absolute atomic E-state index is 11.7. The highest BCUT2D eigenvalue weighted by atomic mass is 35.5. The van der Waals surface area contributed by atoms with E-state index in [1.54, 1.807) is 6.20 Å². The molecule has 6 nitrogen and oxygen atoms in total. The lowest BCUT2D eigenvalue weighted by molar-refractivity contribution is -0.180. The van der Waals surface area contributed by atoms with Crippen molar-refractivity contribution in [3.05, 3.63) is 29.6 Å². The number of piperidine rings is 1. The Morgan fingerprint density at radius 1 is 1.21 bits per heavy atom. The van der Waals surface area contributed by atoms with Crippen LogP contribution >= 0.6 is 12.4 Å². The summed E-state index contributed by atoms with van der Waals surface area (Å²) in [5, 5.41) is 0. The molecule has 0 spiro atoms. The third-order valence-corrected chi connectivity index (χ3v) is 7.81. The largest absolute Gasteiger partial charge is 0.375 e. The molecular formula is C22H32ClN3O3. The molecule has 160 valence electrons. The van der Waals surface area contributed by atoms with Gasteiger partial charge < -0.3 is 15.2 Å². The molecule has 1 saturated carbocycles. The van der Waals surface area contributed by atoms with Crippen LogP contribution in [-0.4, -0.2) is 54.2 Å². The molecular weight excluding hydrogens is 390 g/mol. The molecule has 0 unspecified atom stereocenters. The van der Waals surface area contributed by atoms with Crippen molar-refractivity contribution in [1.82, 2.24) is 9.88 Å². The molecule has 3 saturated heterocycles. The summed E-state index contributed by atoms with van der Waals surface area (Å²) in [6, 6.07) is 4.52. The third-order valence-electron chi connectivity index (χ3n) is 7.81. The van der Waals surface area contributed by atoms with Gasteiger partial charge in [-0.15, -0.1) is 12.4 Å². The molecule has 29 heavy (non-hydrogen) atoms. The maximum atomic E-state index is 11.7. The Bertz CT molecular complexity index is 735. The van der Waals surface area contributed by atoms with Gasteiger partial charge in [0.1, 0.15) is 11.3 Å². The number of nitrogens with zero attached hydrogens (tertiary/aromatic N) is 2. The first-order valence-electron chi connectivity index (χ1n) is 10.8. The Morgan fingerprint density at radius 3 is 2.45 bits per heavy atom. The predicted octanol–water partition coefficient (Wildman–Crippen LogP) is 2.89. The second-order valence-electron chi connectivity index (χ2n) is 9.15. The fourth-order valence-corrected chi connectivity index (χ4v) is 6.62. The molecule has 4 fully saturated rings. The number of halogens is 1. The van der Waals surface area contributed by atoms with Crippen LogP contribution in [0.2, 0.25) is 0 Å². The van der Waals surface area contributed by atoms with Crippen molar-refractivity contribution >= 4 is 18.3 Å². The average molecular weight is 422 g/mol. The first-order valence-corrected chi connectivity index (χ1v) is 10.8. The van der Waals surface area contributed by atoms with E-state index in [2.05, 4.69) is 9.88 Å². The number of aromatic nitrogens is 1. The molecule has 2 N–H and O–H groups in total. The zero-order valence-electron chi connectivity index (χ0n) is 17.1. The van der Waals surface area contributed by atoms with Gasteiger partial charge in [0.05, 0.1) is 12.2 Å². The van der Waals surface area contributed by atoms with E-state index in [0.29, 0.717) is 35.8 Å². The van der Waals surface area contributed by atoms with Crippen molar-refractivity contribution in [3.63, 3.8) is 0 Å². The highest BCUT2D eigenvalue weighted by Gasteiger charge is 2.54. The quantitative estimate of drug-likeness (QED) is 0.808. The molecule has 7 heteroatoms. The number of amides is 1. The maximum Gasteiger partial charge on any atom is 0.267 e. The van der Waals surface area contributed by atoms with E-state index in [1.165, 1.54) is 32.1 Å². The fourth-order valence-electron chi connectivity index (χ4n) is 6.62. The van der Waals surface area contributed by atoms with Gasteiger partial charge in [0, 0.05) is 44.3 Å². The minimum Gasteiger partial charge on any atom is -0.375 e. The molecule has 0 aromatic carbocycles. The van der Waals surface area contributed by atoms with Gasteiger partial charge in [-0.25, -0.2) is 0 Å². The van der Waals surface area contributed by atoms with Gasteiger partial charge in [-0.3, -0.25) is 14.7 Å². The molecule has 4 bridgehead atoms. The summed E-state index contributed by atoms with van der Waals surface area (Å²) in [5.74, 6) is 0.371. The number of nitrogens with two attached hydrogens (primary N) is 1. The molecule has 4 aliphatic rings. The lowest BCUT2D eigenvalue weighted by Gasteiger charge is -2.57. The first-order chi connectivity index (χ1) is 13.6. The zero-order chi connectivity index (χ0) is 19.3. The van der Waals surface area contributed by atoms with E-state index in [9.17, 15) is 4.79 Å². The van der Waals surface area contributed by atoms with Crippen LogP contribution in [0.1, 0.15) is 61.0 Å². The first kappa shape index (κ1) is 21.0. The number of carbonyl (C=O) groups is 1. The topological polar surface area (TPSA) is 77.7 Å². The number of rotatable bonds is 4. The Balaban J connectivity index is 0.00000205. The van der Waals surface area contributed by atoms with E-state index < -0.39 is 5.91 Å². The number of ether oxygens (including phenoxy) is 2.